The molecule has 0 N–H and O–H groups in total. The summed E-state index contributed by atoms with van der Waals surface area (Å²) in [6, 6.07) is 6.35. The fraction of sp³-hybridized carbons (Fsp3) is 0.357. The Hall–Kier alpha value is -1.82. The van der Waals surface area contributed by atoms with Crippen molar-refractivity contribution in [2.75, 3.05) is 6.61 Å². The first-order chi connectivity index (χ1) is 9.58. The Kier molecular flexibility index (Phi) is 4.79. The number of thioether (sulfide) groups is 1. The number of ether oxygens (including phenoxy) is 1. The lowest BCUT2D eigenvalue weighted by Gasteiger charge is -2.02. The molecule has 20 heavy (non-hydrogen) atoms. The van der Waals surface area contributed by atoms with Crippen molar-refractivity contribution in [3.63, 3.8) is 0 Å². The van der Waals surface area contributed by atoms with E-state index in [1.807, 2.05) is 0 Å². The fourth-order valence-corrected chi connectivity index (χ4v) is 2.53. The van der Waals surface area contributed by atoms with E-state index in [1.54, 1.807) is 6.92 Å². The van der Waals surface area contributed by atoms with Crippen LogP contribution in [0.1, 0.15) is 34.3 Å². The number of rotatable bonds is 5. The second kappa shape index (κ2) is 6.56. The van der Waals surface area contributed by atoms with Gasteiger partial charge in [-0.1, -0.05) is 46.2 Å². The van der Waals surface area contributed by atoms with Crippen LogP contribution in [-0.4, -0.2) is 22.8 Å². The molecule has 0 saturated carbocycles. The molecule has 0 spiro atoms. The zero-order valence-corrected chi connectivity index (χ0v) is 12.5. The summed E-state index contributed by atoms with van der Waals surface area (Å²) >= 11 is 1.40. The number of benzene rings is 1. The van der Waals surface area contributed by atoms with E-state index in [2.05, 4.69) is 42.2 Å². The number of carbonyl (C=O) groups is 1. The molecular weight excluding hydrogens is 276 g/mol. The second-order valence-electron chi connectivity index (χ2n) is 4.38. The molecule has 0 unspecified atom stereocenters. The van der Waals surface area contributed by atoms with Crippen LogP contribution in [0.15, 0.2) is 27.8 Å². The summed E-state index contributed by atoms with van der Waals surface area (Å²) in [4.78, 5) is 11.4. The van der Waals surface area contributed by atoms with Gasteiger partial charge in [0.05, 0.1) is 6.61 Å². The smallest absolute Gasteiger partial charge is 0.396 e. The van der Waals surface area contributed by atoms with Gasteiger partial charge in [0.2, 0.25) is 0 Å². The predicted molar refractivity (Wildman–Crippen MR) is 75.7 cm³/mol. The highest BCUT2D eigenvalue weighted by molar-refractivity contribution is 7.98. The molecule has 0 atom stereocenters. The third-order valence-corrected chi connectivity index (χ3v) is 3.39. The lowest BCUT2D eigenvalue weighted by atomic mass is 10.1. The first-order valence-electron chi connectivity index (χ1n) is 6.29. The van der Waals surface area contributed by atoms with Crippen LogP contribution in [-0.2, 0) is 10.5 Å². The maximum Gasteiger partial charge on any atom is 0.396 e. The minimum atomic E-state index is -0.585. The number of esters is 1. The average Bonchev–Trinajstić information content (AvgIpc) is 2.84. The van der Waals surface area contributed by atoms with Gasteiger partial charge in [0.1, 0.15) is 0 Å². The van der Waals surface area contributed by atoms with Crippen LogP contribution < -0.4 is 0 Å². The highest BCUT2D eigenvalue weighted by atomic mass is 32.2. The van der Waals surface area contributed by atoms with E-state index in [0.717, 1.165) is 0 Å². The molecule has 0 amide bonds. The molecular formula is C14H16N2O3S. The molecule has 0 aliphatic carbocycles. The maximum atomic E-state index is 11.4. The fourth-order valence-electron chi connectivity index (χ4n) is 1.84. The molecule has 1 aromatic carbocycles. The molecule has 0 bridgehead atoms. The van der Waals surface area contributed by atoms with Crippen molar-refractivity contribution in [3.8, 4) is 0 Å². The molecule has 2 rings (SSSR count). The van der Waals surface area contributed by atoms with Crippen molar-refractivity contribution < 1.29 is 13.9 Å². The summed E-state index contributed by atoms with van der Waals surface area (Å²) in [5.74, 6) is 0.0282. The molecule has 0 radical (unpaired) electrons. The number of hydrogen-bond acceptors (Lipinski definition) is 6. The maximum absolute atomic E-state index is 11.4. The van der Waals surface area contributed by atoms with Crippen molar-refractivity contribution in [2.45, 2.75) is 31.7 Å². The van der Waals surface area contributed by atoms with E-state index in [9.17, 15) is 4.79 Å². The van der Waals surface area contributed by atoms with Crippen molar-refractivity contribution in [3.05, 3.63) is 40.8 Å². The average molecular weight is 292 g/mol. The molecule has 0 fully saturated rings. The van der Waals surface area contributed by atoms with Gasteiger partial charge in [-0.2, -0.15) is 0 Å². The van der Waals surface area contributed by atoms with Gasteiger partial charge < -0.3 is 9.15 Å². The van der Waals surface area contributed by atoms with E-state index in [0.29, 0.717) is 11.0 Å². The zero-order valence-electron chi connectivity index (χ0n) is 11.7. The van der Waals surface area contributed by atoms with E-state index in [1.165, 1.54) is 28.5 Å². The highest BCUT2D eigenvalue weighted by Crippen LogP contribution is 2.22. The largest absolute Gasteiger partial charge is 0.459 e. The number of carbonyl (C=O) groups excluding carboxylic acids is 1. The van der Waals surface area contributed by atoms with Gasteiger partial charge >= 0.3 is 11.9 Å². The van der Waals surface area contributed by atoms with Gasteiger partial charge in [0.15, 0.2) is 0 Å². The van der Waals surface area contributed by atoms with Crippen molar-refractivity contribution >= 4 is 17.7 Å². The molecule has 0 saturated heterocycles. The Balaban J connectivity index is 1.99. The van der Waals surface area contributed by atoms with E-state index >= 15 is 0 Å². The van der Waals surface area contributed by atoms with E-state index in [4.69, 9.17) is 9.15 Å². The van der Waals surface area contributed by atoms with Crippen molar-refractivity contribution in [1.82, 2.24) is 10.2 Å². The number of nitrogens with zero attached hydrogens (tertiary/aromatic N) is 2. The lowest BCUT2D eigenvalue weighted by Crippen LogP contribution is -2.04. The molecule has 2 aromatic rings. The lowest BCUT2D eigenvalue weighted by molar-refractivity contribution is 0.0475. The first-order valence-corrected chi connectivity index (χ1v) is 7.27. The van der Waals surface area contributed by atoms with E-state index < -0.39 is 5.97 Å². The van der Waals surface area contributed by atoms with Crippen LogP contribution >= 0.6 is 11.8 Å². The first kappa shape index (κ1) is 14.6. The summed E-state index contributed by atoms with van der Waals surface area (Å²) in [5.41, 5.74) is 3.63. The van der Waals surface area contributed by atoms with Crippen molar-refractivity contribution in [2.24, 2.45) is 0 Å². The monoisotopic (exact) mass is 292 g/mol. The Bertz CT molecular complexity index is 590. The minimum Gasteiger partial charge on any atom is -0.459 e. The third-order valence-electron chi connectivity index (χ3n) is 2.50. The summed E-state index contributed by atoms with van der Waals surface area (Å²) in [7, 11) is 0. The third kappa shape index (κ3) is 3.84. The van der Waals surface area contributed by atoms with Crippen LogP contribution in [0.25, 0.3) is 0 Å². The van der Waals surface area contributed by atoms with Crippen LogP contribution in [0.3, 0.4) is 0 Å². The Morgan fingerprint density at radius 1 is 1.25 bits per heavy atom. The minimum absolute atomic E-state index is 0.102. The molecule has 5 nitrogen and oxygen atoms in total. The topological polar surface area (TPSA) is 65.2 Å². The van der Waals surface area contributed by atoms with Gasteiger partial charge in [0, 0.05) is 5.75 Å². The van der Waals surface area contributed by atoms with Gasteiger partial charge in [-0.25, -0.2) is 4.79 Å². The van der Waals surface area contributed by atoms with Crippen LogP contribution in [0.5, 0.6) is 0 Å². The standard InChI is InChI=1S/C14H16N2O3S/c1-4-18-13(17)12-15-16-14(19-12)20-8-11-6-9(2)5-10(3)7-11/h5-7H,4,8H2,1-3H3. The summed E-state index contributed by atoms with van der Waals surface area (Å²) < 4.78 is 10.0. The van der Waals surface area contributed by atoms with Gasteiger partial charge in [0.25, 0.3) is 5.22 Å². The van der Waals surface area contributed by atoms with E-state index in [-0.39, 0.29) is 12.5 Å². The normalized spacial score (nSPS) is 10.6. The predicted octanol–water partition coefficient (Wildman–Crippen LogP) is 3.16. The van der Waals surface area contributed by atoms with Crippen LogP contribution in [0, 0.1) is 13.8 Å². The molecule has 6 heteroatoms. The van der Waals surface area contributed by atoms with Gasteiger partial charge in [-0.05, 0) is 26.3 Å². The van der Waals surface area contributed by atoms with Gasteiger partial charge in [-0.15, -0.1) is 5.10 Å². The Labute approximate surface area is 121 Å². The number of aryl methyl sites for hydroxylation is 2. The summed E-state index contributed by atoms with van der Waals surface area (Å²) in [6.45, 7) is 6.13. The SMILES string of the molecule is CCOC(=O)c1nnc(SCc2cc(C)cc(C)c2)o1. The molecule has 1 aromatic heterocycles. The highest BCUT2D eigenvalue weighted by Gasteiger charge is 2.16. The molecule has 0 aliphatic heterocycles. The quantitative estimate of drug-likeness (QED) is 0.623. The zero-order chi connectivity index (χ0) is 14.5. The van der Waals surface area contributed by atoms with Crippen LogP contribution in [0.2, 0.25) is 0 Å². The Morgan fingerprint density at radius 3 is 2.60 bits per heavy atom. The summed E-state index contributed by atoms with van der Waals surface area (Å²) in [5, 5.41) is 7.86. The molecule has 106 valence electrons. The van der Waals surface area contributed by atoms with Gasteiger partial charge in [-0.3, -0.25) is 0 Å². The molecule has 1 heterocycles. The number of hydrogen-bond donors (Lipinski definition) is 0. The number of aromatic nitrogens is 2. The Morgan fingerprint density at radius 2 is 1.95 bits per heavy atom. The second-order valence-corrected chi connectivity index (χ2v) is 5.30. The van der Waals surface area contributed by atoms with Crippen molar-refractivity contribution in [1.29, 1.82) is 0 Å². The molecule has 0 aliphatic rings. The summed E-state index contributed by atoms with van der Waals surface area (Å²) in [6.07, 6.45) is 0. The van der Waals surface area contributed by atoms with Crippen LogP contribution in [0.4, 0.5) is 0 Å².